The van der Waals surface area contributed by atoms with Crippen LogP contribution in [0.15, 0.2) is 66.7 Å². The topological polar surface area (TPSA) is 99.7 Å². The van der Waals surface area contributed by atoms with Crippen molar-refractivity contribution in [2.24, 2.45) is 0 Å². The Balaban J connectivity index is 1.40. The molecule has 0 radical (unpaired) electrons. The summed E-state index contributed by atoms with van der Waals surface area (Å²) in [4.78, 5) is 36.3. The maximum absolute atomic E-state index is 14.4. The molecule has 3 heterocycles. The molecule has 0 spiro atoms. The van der Waals surface area contributed by atoms with Crippen molar-refractivity contribution in [3.63, 3.8) is 0 Å². The molecule has 0 aliphatic carbocycles. The van der Waals surface area contributed by atoms with Crippen LogP contribution in [0.2, 0.25) is 0 Å². The van der Waals surface area contributed by atoms with E-state index in [1.165, 1.54) is 17.4 Å². The summed E-state index contributed by atoms with van der Waals surface area (Å²) in [6.45, 7) is 3.99. The first kappa shape index (κ1) is 29.4. The van der Waals surface area contributed by atoms with Crippen LogP contribution in [0, 0.1) is 12.7 Å². The molecule has 42 heavy (non-hydrogen) atoms. The second-order valence-electron chi connectivity index (χ2n) is 10.1. The number of anilines is 3. The van der Waals surface area contributed by atoms with E-state index in [9.17, 15) is 22.4 Å². The fourth-order valence-corrected chi connectivity index (χ4v) is 6.79. The molecule has 0 saturated heterocycles. The number of fused-ring (bicyclic) bond motifs is 3. The van der Waals surface area contributed by atoms with Crippen molar-refractivity contribution >= 4 is 50.2 Å². The normalized spacial score (nSPS) is 12.7. The number of pyridine rings is 1. The third kappa shape index (κ3) is 6.07. The van der Waals surface area contributed by atoms with Gasteiger partial charge in [0.2, 0.25) is 0 Å². The molecule has 8 nitrogen and oxygen atoms in total. The third-order valence-corrected chi connectivity index (χ3v) is 10.2. The average Bonchev–Trinajstić information content (AvgIpc) is 3.36. The highest BCUT2D eigenvalue weighted by Crippen LogP contribution is 2.42. The third-order valence-electron chi connectivity index (χ3n) is 7.30. The molecule has 1 aliphatic heterocycles. The quantitative estimate of drug-likeness (QED) is 0.281. The molecular formula is C31H31FN4O4S2. The van der Waals surface area contributed by atoms with E-state index in [0.717, 1.165) is 16.0 Å². The van der Waals surface area contributed by atoms with Gasteiger partial charge in [0.15, 0.2) is 9.84 Å². The SMILES string of the molecule is CCS(=O)(=O)CCN(C)c1cccc(C(=O)N2CCc3cc(C(=O)Nc4c(C)cccc4F)sc3-c3ccccc32)n1. The van der Waals surface area contributed by atoms with Crippen molar-refractivity contribution in [3.8, 4) is 10.4 Å². The molecule has 0 atom stereocenters. The van der Waals surface area contributed by atoms with Gasteiger partial charge in [0.05, 0.1) is 22.0 Å². The molecule has 218 valence electrons. The first-order valence-electron chi connectivity index (χ1n) is 13.6. The van der Waals surface area contributed by atoms with Crippen LogP contribution in [0.25, 0.3) is 10.4 Å². The number of aromatic nitrogens is 1. The van der Waals surface area contributed by atoms with Crippen LogP contribution >= 0.6 is 11.3 Å². The molecule has 4 aromatic rings. The van der Waals surface area contributed by atoms with E-state index in [1.807, 2.05) is 30.3 Å². The number of thiophene rings is 1. The van der Waals surface area contributed by atoms with E-state index in [4.69, 9.17) is 0 Å². The summed E-state index contributed by atoms with van der Waals surface area (Å²) in [6, 6.07) is 19.1. The molecule has 1 aliphatic rings. The molecule has 2 amide bonds. The Morgan fingerprint density at radius 3 is 2.62 bits per heavy atom. The predicted molar refractivity (Wildman–Crippen MR) is 166 cm³/mol. The van der Waals surface area contributed by atoms with E-state index < -0.39 is 15.7 Å². The fraction of sp³-hybridized carbons (Fsp3) is 0.258. The number of nitrogens with zero attached hydrogens (tertiary/aromatic N) is 3. The second-order valence-corrected chi connectivity index (χ2v) is 13.6. The average molecular weight is 607 g/mol. The minimum Gasteiger partial charge on any atom is -0.359 e. The highest BCUT2D eigenvalue weighted by molar-refractivity contribution is 7.91. The van der Waals surface area contributed by atoms with Gasteiger partial charge in [-0.3, -0.25) is 9.59 Å². The standard InChI is InChI=1S/C31H31FN4O4S2/c1-4-42(39,40)18-17-35(3)27-14-8-12-24(33-27)31(38)36-16-15-21-19-26(41-29(21)22-10-5-6-13-25(22)36)30(37)34-28-20(2)9-7-11-23(28)32/h5-14,19H,4,15-18H2,1-3H3,(H,34,37). The Hall–Kier alpha value is -4.09. The van der Waals surface area contributed by atoms with Crippen molar-refractivity contribution in [2.75, 3.05) is 46.8 Å². The van der Waals surface area contributed by atoms with Gasteiger partial charge >= 0.3 is 0 Å². The van der Waals surface area contributed by atoms with Crippen LogP contribution in [0.1, 0.15) is 38.2 Å². The number of amides is 2. The lowest BCUT2D eigenvalue weighted by molar-refractivity contribution is 0.0981. The maximum Gasteiger partial charge on any atom is 0.276 e. The minimum atomic E-state index is -3.14. The first-order valence-corrected chi connectivity index (χ1v) is 16.2. The Kier molecular flexibility index (Phi) is 8.42. The molecule has 1 N–H and O–H groups in total. The number of benzene rings is 2. The number of hydrogen-bond donors (Lipinski definition) is 1. The van der Waals surface area contributed by atoms with Gasteiger partial charge in [-0.1, -0.05) is 43.3 Å². The molecule has 2 aromatic carbocycles. The summed E-state index contributed by atoms with van der Waals surface area (Å²) in [7, 11) is -1.39. The zero-order valence-corrected chi connectivity index (χ0v) is 25.2. The molecule has 0 fully saturated rings. The number of aryl methyl sites for hydroxylation is 1. The summed E-state index contributed by atoms with van der Waals surface area (Å²) in [5.41, 5.74) is 3.50. The van der Waals surface area contributed by atoms with Gasteiger partial charge < -0.3 is 15.1 Å². The highest BCUT2D eigenvalue weighted by atomic mass is 32.2. The van der Waals surface area contributed by atoms with Crippen molar-refractivity contribution in [1.82, 2.24) is 4.98 Å². The summed E-state index contributed by atoms with van der Waals surface area (Å²) < 4.78 is 38.3. The molecule has 5 rings (SSSR count). The molecule has 0 saturated carbocycles. The van der Waals surface area contributed by atoms with Gasteiger partial charge in [0, 0.05) is 36.3 Å². The molecule has 0 bridgehead atoms. The maximum atomic E-state index is 14.4. The Bertz CT molecular complexity index is 1750. The highest BCUT2D eigenvalue weighted by Gasteiger charge is 2.28. The number of hydrogen-bond acceptors (Lipinski definition) is 7. The Morgan fingerprint density at radius 2 is 1.86 bits per heavy atom. The Morgan fingerprint density at radius 1 is 1.10 bits per heavy atom. The summed E-state index contributed by atoms with van der Waals surface area (Å²) >= 11 is 1.31. The van der Waals surface area contributed by atoms with Crippen LogP contribution in [0.3, 0.4) is 0 Å². The van der Waals surface area contributed by atoms with Crippen LogP contribution in [0.4, 0.5) is 21.6 Å². The van der Waals surface area contributed by atoms with Crippen LogP contribution in [-0.2, 0) is 16.3 Å². The first-order chi connectivity index (χ1) is 20.1. The zero-order valence-electron chi connectivity index (χ0n) is 23.6. The van der Waals surface area contributed by atoms with E-state index in [0.29, 0.717) is 34.9 Å². The van der Waals surface area contributed by atoms with Gasteiger partial charge in [0.25, 0.3) is 11.8 Å². The van der Waals surface area contributed by atoms with Crippen molar-refractivity contribution < 1.29 is 22.4 Å². The van der Waals surface area contributed by atoms with Crippen molar-refractivity contribution in [2.45, 2.75) is 20.3 Å². The van der Waals surface area contributed by atoms with Crippen LogP contribution < -0.4 is 15.1 Å². The zero-order chi connectivity index (χ0) is 30.0. The van der Waals surface area contributed by atoms with E-state index >= 15 is 0 Å². The van der Waals surface area contributed by atoms with Crippen molar-refractivity contribution in [3.05, 3.63) is 94.2 Å². The largest absolute Gasteiger partial charge is 0.359 e. The number of sulfone groups is 1. The van der Waals surface area contributed by atoms with E-state index in [2.05, 4.69) is 10.3 Å². The van der Waals surface area contributed by atoms with Gasteiger partial charge in [-0.2, -0.15) is 0 Å². The smallest absolute Gasteiger partial charge is 0.276 e. The summed E-state index contributed by atoms with van der Waals surface area (Å²) in [5.74, 6) is -0.567. The van der Waals surface area contributed by atoms with E-state index in [1.54, 1.807) is 61.0 Å². The minimum absolute atomic E-state index is 0.00166. The monoisotopic (exact) mass is 606 g/mol. The predicted octanol–water partition coefficient (Wildman–Crippen LogP) is 5.58. The molecule has 2 aromatic heterocycles. The number of nitrogens with one attached hydrogen (secondary N) is 1. The fourth-order valence-electron chi connectivity index (χ4n) is 4.81. The van der Waals surface area contributed by atoms with Gasteiger partial charge in [-0.05, 0) is 54.8 Å². The molecule has 11 heteroatoms. The van der Waals surface area contributed by atoms with Crippen LogP contribution in [0.5, 0.6) is 0 Å². The van der Waals surface area contributed by atoms with Crippen molar-refractivity contribution in [1.29, 1.82) is 0 Å². The summed E-state index contributed by atoms with van der Waals surface area (Å²) in [6.07, 6.45) is 0.507. The second kappa shape index (κ2) is 12.0. The number of carbonyl (C=O) groups is 2. The lowest BCUT2D eigenvalue weighted by atomic mass is 10.1. The number of carbonyl (C=O) groups excluding carboxylic acids is 2. The number of para-hydroxylation sites is 2. The van der Waals surface area contributed by atoms with Gasteiger partial charge in [0.1, 0.15) is 17.3 Å². The lowest BCUT2D eigenvalue weighted by Gasteiger charge is -2.24. The van der Waals surface area contributed by atoms with Gasteiger partial charge in [-0.15, -0.1) is 11.3 Å². The Labute approximate surface area is 248 Å². The summed E-state index contributed by atoms with van der Waals surface area (Å²) in [5, 5.41) is 2.71. The molecular weight excluding hydrogens is 575 g/mol. The van der Waals surface area contributed by atoms with Gasteiger partial charge in [-0.25, -0.2) is 17.8 Å². The van der Waals surface area contributed by atoms with Crippen LogP contribution in [-0.4, -0.2) is 56.9 Å². The van der Waals surface area contributed by atoms with E-state index in [-0.39, 0.29) is 41.2 Å². The lowest BCUT2D eigenvalue weighted by Crippen LogP contribution is -2.33. The number of rotatable bonds is 8. The number of halogens is 1. The molecule has 0 unspecified atom stereocenters.